The lowest BCUT2D eigenvalue weighted by Gasteiger charge is -2.07. The average molecular weight is 540 g/mol. The number of ether oxygens (including phenoxy) is 1. The van der Waals surface area contributed by atoms with Crippen LogP contribution in [0.15, 0.2) is 55.2 Å². The van der Waals surface area contributed by atoms with E-state index in [1.807, 2.05) is 0 Å². The minimum atomic E-state index is -0.384. The van der Waals surface area contributed by atoms with E-state index in [0.717, 1.165) is 5.56 Å². The second-order valence-electron chi connectivity index (χ2n) is 5.97. The monoisotopic (exact) mass is 538 g/mol. The molecule has 0 spiro atoms. The van der Waals surface area contributed by atoms with Crippen molar-refractivity contribution in [1.29, 1.82) is 0 Å². The van der Waals surface area contributed by atoms with Gasteiger partial charge < -0.3 is 9.84 Å². The van der Waals surface area contributed by atoms with Crippen LogP contribution in [0.25, 0.3) is 6.08 Å². The minimum absolute atomic E-state index is 0.100. The van der Waals surface area contributed by atoms with E-state index < -0.39 is 0 Å². The molecule has 3 rings (SSSR count). The number of hydrogen-bond donors (Lipinski definition) is 1. The third kappa shape index (κ3) is 4.91. The second kappa shape index (κ2) is 9.15. The molecular formula is C20H16Br2N2O4S. The normalized spacial score (nSPS) is 16.7. The molecule has 0 aliphatic carbocycles. The number of halogens is 2. The van der Waals surface area contributed by atoms with Crippen molar-refractivity contribution >= 4 is 72.4 Å². The van der Waals surface area contributed by atoms with Crippen LogP contribution in [0.1, 0.15) is 22.8 Å². The third-order valence-corrected chi connectivity index (χ3v) is 6.21. The molecule has 0 atom stereocenters. The van der Waals surface area contributed by atoms with Crippen LogP contribution in [-0.4, -0.2) is 40.7 Å². The Labute approximate surface area is 188 Å². The number of carbonyl (C=O) groups excluding carboxylic acids is 2. The smallest absolute Gasteiger partial charge is 0.338 e. The zero-order valence-electron chi connectivity index (χ0n) is 15.5. The molecule has 9 heteroatoms. The first kappa shape index (κ1) is 21.6. The van der Waals surface area contributed by atoms with Gasteiger partial charge in [-0.3, -0.25) is 9.69 Å². The summed E-state index contributed by atoms with van der Waals surface area (Å²) in [5, 5.41) is 10.4. The largest absolute Gasteiger partial charge is 0.506 e. The van der Waals surface area contributed by atoms with Crippen LogP contribution >= 0.6 is 43.6 Å². The Morgan fingerprint density at radius 1 is 1.24 bits per heavy atom. The van der Waals surface area contributed by atoms with Gasteiger partial charge in [0.15, 0.2) is 5.17 Å². The van der Waals surface area contributed by atoms with Crippen LogP contribution < -0.4 is 0 Å². The molecule has 2 aromatic rings. The maximum absolute atomic E-state index is 12.6. The third-order valence-electron chi connectivity index (χ3n) is 3.94. The molecule has 1 heterocycles. The molecule has 150 valence electrons. The molecule has 1 N–H and O–H groups in total. The number of likely N-dealkylation sites (N-methyl/N-ethyl adjacent to an activating group) is 1. The number of hydrogen-bond acceptors (Lipinski definition) is 6. The maximum atomic E-state index is 12.6. The van der Waals surface area contributed by atoms with Crippen LogP contribution in [0, 0.1) is 0 Å². The number of amidine groups is 1. The highest BCUT2D eigenvalue weighted by Crippen LogP contribution is 2.37. The lowest BCUT2D eigenvalue weighted by Crippen LogP contribution is -2.23. The molecule has 1 fully saturated rings. The lowest BCUT2D eigenvalue weighted by atomic mass is 10.2. The first-order chi connectivity index (χ1) is 13.8. The summed E-state index contributed by atoms with van der Waals surface area (Å²) in [6.45, 7) is 2.07. The number of aromatic hydroxyl groups is 1. The fraction of sp³-hybridized carbons (Fsp3) is 0.150. The van der Waals surface area contributed by atoms with Crippen LogP contribution in [0.5, 0.6) is 5.75 Å². The van der Waals surface area contributed by atoms with E-state index in [-0.39, 0.29) is 17.6 Å². The summed E-state index contributed by atoms with van der Waals surface area (Å²) in [5.41, 5.74) is 1.82. The fourth-order valence-electron chi connectivity index (χ4n) is 2.47. The lowest BCUT2D eigenvalue weighted by molar-refractivity contribution is -0.121. The first-order valence-corrected chi connectivity index (χ1v) is 10.9. The van der Waals surface area contributed by atoms with Crippen molar-refractivity contribution in [3.8, 4) is 5.75 Å². The molecule has 0 radical (unpaired) electrons. The van der Waals surface area contributed by atoms with Gasteiger partial charge in [0, 0.05) is 7.05 Å². The Bertz CT molecular complexity index is 1010. The molecule has 1 aliphatic rings. The van der Waals surface area contributed by atoms with Gasteiger partial charge in [0.25, 0.3) is 5.91 Å². The van der Waals surface area contributed by atoms with Crippen molar-refractivity contribution in [2.45, 2.75) is 6.92 Å². The zero-order valence-corrected chi connectivity index (χ0v) is 19.5. The van der Waals surface area contributed by atoms with Crippen LogP contribution in [-0.2, 0) is 9.53 Å². The number of aliphatic imine (C=N–C) groups is 1. The Morgan fingerprint density at radius 3 is 2.45 bits per heavy atom. The van der Waals surface area contributed by atoms with E-state index in [1.165, 1.54) is 16.7 Å². The Kier molecular flexibility index (Phi) is 6.81. The van der Waals surface area contributed by atoms with E-state index in [9.17, 15) is 14.7 Å². The molecule has 0 unspecified atom stereocenters. The Balaban J connectivity index is 1.84. The van der Waals surface area contributed by atoms with Crippen LogP contribution in [0.4, 0.5) is 5.69 Å². The van der Waals surface area contributed by atoms with Gasteiger partial charge in [-0.1, -0.05) is 0 Å². The summed E-state index contributed by atoms with van der Waals surface area (Å²) in [4.78, 5) is 30.8. The maximum Gasteiger partial charge on any atom is 0.338 e. The topological polar surface area (TPSA) is 79.2 Å². The van der Waals surface area contributed by atoms with Gasteiger partial charge in [0.1, 0.15) is 5.75 Å². The molecule has 6 nitrogen and oxygen atoms in total. The van der Waals surface area contributed by atoms with Crippen molar-refractivity contribution in [2.24, 2.45) is 4.99 Å². The van der Waals surface area contributed by atoms with Gasteiger partial charge in [-0.25, -0.2) is 9.79 Å². The van der Waals surface area contributed by atoms with E-state index in [1.54, 1.807) is 56.4 Å². The number of rotatable bonds is 4. The molecule has 0 saturated carbocycles. The number of nitrogens with zero attached hydrogens (tertiary/aromatic N) is 2. The predicted molar refractivity (Wildman–Crippen MR) is 121 cm³/mol. The van der Waals surface area contributed by atoms with E-state index in [2.05, 4.69) is 36.9 Å². The number of thioether (sulfide) groups is 1. The number of amides is 1. The molecule has 0 bridgehead atoms. The van der Waals surface area contributed by atoms with E-state index in [4.69, 9.17) is 4.74 Å². The van der Waals surface area contributed by atoms with Gasteiger partial charge in [-0.15, -0.1) is 0 Å². The molecule has 0 aromatic heterocycles. The van der Waals surface area contributed by atoms with Crippen molar-refractivity contribution in [3.63, 3.8) is 0 Å². The Hall–Kier alpha value is -2.10. The average Bonchev–Trinajstić information content (AvgIpc) is 2.94. The minimum Gasteiger partial charge on any atom is -0.506 e. The van der Waals surface area contributed by atoms with Gasteiger partial charge in [0.2, 0.25) is 0 Å². The Morgan fingerprint density at radius 2 is 1.86 bits per heavy atom. The van der Waals surface area contributed by atoms with Crippen molar-refractivity contribution in [1.82, 2.24) is 4.90 Å². The van der Waals surface area contributed by atoms with Crippen molar-refractivity contribution in [3.05, 3.63) is 61.4 Å². The summed E-state index contributed by atoms with van der Waals surface area (Å²) in [7, 11) is 1.66. The number of esters is 1. The van der Waals surface area contributed by atoms with Crippen molar-refractivity contribution < 1.29 is 19.4 Å². The van der Waals surface area contributed by atoms with E-state index >= 15 is 0 Å². The SMILES string of the molecule is CCOC(=O)c1ccc(N=C2SC(=Cc3cc(Br)c(O)c(Br)c3)C(=O)N2C)cc1. The number of carbonyl (C=O) groups is 2. The second-order valence-corrected chi connectivity index (χ2v) is 8.69. The summed E-state index contributed by atoms with van der Waals surface area (Å²) in [6, 6.07) is 10.1. The fourth-order valence-corrected chi connectivity index (χ4v) is 4.68. The molecule has 1 amide bonds. The summed E-state index contributed by atoms with van der Waals surface area (Å²) >= 11 is 7.83. The van der Waals surface area contributed by atoms with Crippen LogP contribution in [0.3, 0.4) is 0 Å². The van der Waals surface area contributed by atoms with E-state index in [0.29, 0.717) is 36.9 Å². The summed E-state index contributed by atoms with van der Waals surface area (Å²) < 4.78 is 6.02. The summed E-state index contributed by atoms with van der Waals surface area (Å²) in [6.07, 6.45) is 1.74. The molecular weight excluding hydrogens is 524 g/mol. The molecule has 1 aliphatic heterocycles. The highest BCUT2D eigenvalue weighted by atomic mass is 79.9. The number of phenolic OH excluding ortho intramolecular Hbond substituents is 1. The van der Waals surface area contributed by atoms with Gasteiger partial charge in [-0.2, -0.15) is 0 Å². The van der Waals surface area contributed by atoms with Gasteiger partial charge in [0.05, 0.1) is 31.7 Å². The molecule has 29 heavy (non-hydrogen) atoms. The van der Waals surface area contributed by atoms with Crippen LogP contribution in [0.2, 0.25) is 0 Å². The van der Waals surface area contributed by atoms with Gasteiger partial charge in [-0.05, 0) is 98.6 Å². The standard InChI is InChI=1S/C20H16Br2N2O4S/c1-3-28-19(27)12-4-6-13(7-5-12)23-20-24(2)18(26)16(29-20)10-11-8-14(21)17(25)15(22)9-11/h4-10,25H,3H2,1-2H3. The first-order valence-electron chi connectivity index (χ1n) is 8.51. The number of benzene rings is 2. The molecule has 2 aromatic carbocycles. The zero-order chi connectivity index (χ0) is 21.1. The summed E-state index contributed by atoms with van der Waals surface area (Å²) in [5.74, 6) is -0.453. The highest BCUT2D eigenvalue weighted by Gasteiger charge is 2.30. The van der Waals surface area contributed by atoms with Gasteiger partial charge >= 0.3 is 5.97 Å². The quantitative estimate of drug-likeness (QED) is 0.419. The highest BCUT2D eigenvalue weighted by molar-refractivity contribution is 9.11. The number of phenols is 1. The predicted octanol–water partition coefficient (Wildman–Crippen LogP) is 5.33. The van der Waals surface area contributed by atoms with Crippen molar-refractivity contribution in [2.75, 3.05) is 13.7 Å². The molecule has 1 saturated heterocycles.